The number of para-hydroxylation sites is 1. The van der Waals surface area contributed by atoms with Crippen molar-refractivity contribution in [3.63, 3.8) is 0 Å². The third-order valence-corrected chi connectivity index (χ3v) is 3.84. The lowest BCUT2D eigenvalue weighted by Gasteiger charge is -2.38. The molecule has 3 nitrogen and oxygen atoms in total. The van der Waals surface area contributed by atoms with Gasteiger partial charge in [-0.15, -0.1) is 0 Å². The Morgan fingerprint density at radius 2 is 2.16 bits per heavy atom. The van der Waals surface area contributed by atoms with Gasteiger partial charge in [0, 0.05) is 12.2 Å². The summed E-state index contributed by atoms with van der Waals surface area (Å²) < 4.78 is 0. The van der Waals surface area contributed by atoms with E-state index in [2.05, 4.69) is 42.7 Å². The van der Waals surface area contributed by atoms with Crippen molar-refractivity contribution in [2.24, 2.45) is 5.92 Å². The Kier molecular flexibility index (Phi) is 4.48. The molecule has 0 fully saturated rings. The van der Waals surface area contributed by atoms with Gasteiger partial charge in [0.25, 0.3) is 0 Å². The van der Waals surface area contributed by atoms with Gasteiger partial charge in [0.15, 0.2) is 0 Å². The Bertz CT molecular complexity index is 415. The highest BCUT2D eigenvalue weighted by Crippen LogP contribution is 2.28. The third-order valence-electron chi connectivity index (χ3n) is 3.84. The summed E-state index contributed by atoms with van der Waals surface area (Å²) in [5.74, 6) is 0.607. The van der Waals surface area contributed by atoms with Crippen LogP contribution in [0.4, 0.5) is 5.69 Å². The van der Waals surface area contributed by atoms with Crippen LogP contribution in [-0.4, -0.2) is 29.8 Å². The Balaban J connectivity index is 1.95. The second-order valence-electron chi connectivity index (χ2n) is 6.27. The number of benzene rings is 1. The number of fused-ring (bicyclic) bond motifs is 1. The third kappa shape index (κ3) is 3.71. The largest absolute Gasteiger partial charge is 0.387 e. The minimum absolute atomic E-state index is 0.113. The molecule has 1 aromatic rings. The molecule has 2 rings (SSSR count). The van der Waals surface area contributed by atoms with E-state index < -0.39 is 5.60 Å². The van der Waals surface area contributed by atoms with Gasteiger partial charge in [-0.25, -0.2) is 0 Å². The van der Waals surface area contributed by atoms with Crippen molar-refractivity contribution >= 4 is 5.69 Å². The van der Waals surface area contributed by atoms with Crippen molar-refractivity contribution in [1.82, 2.24) is 5.32 Å². The molecule has 0 amide bonds. The second-order valence-corrected chi connectivity index (χ2v) is 6.27. The number of hydrogen-bond donors (Lipinski definition) is 3. The molecule has 1 aromatic carbocycles. The lowest BCUT2D eigenvalue weighted by atomic mass is 9.87. The Morgan fingerprint density at radius 3 is 2.89 bits per heavy atom. The van der Waals surface area contributed by atoms with Crippen LogP contribution in [0, 0.1) is 5.92 Å². The van der Waals surface area contributed by atoms with Crippen LogP contribution in [-0.2, 0) is 6.42 Å². The highest BCUT2D eigenvalue weighted by molar-refractivity contribution is 5.54. The van der Waals surface area contributed by atoms with Crippen molar-refractivity contribution in [3.05, 3.63) is 29.8 Å². The minimum Gasteiger partial charge on any atom is -0.387 e. The van der Waals surface area contributed by atoms with Crippen molar-refractivity contribution in [2.75, 3.05) is 18.4 Å². The molecule has 2 atom stereocenters. The summed E-state index contributed by atoms with van der Waals surface area (Å²) in [5.41, 5.74) is 1.80. The highest BCUT2D eigenvalue weighted by Gasteiger charge is 2.33. The first-order valence-corrected chi connectivity index (χ1v) is 7.26. The van der Waals surface area contributed by atoms with Crippen molar-refractivity contribution in [3.8, 4) is 0 Å². The predicted molar refractivity (Wildman–Crippen MR) is 80.5 cm³/mol. The number of hydrogen-bond acceptors (Lipinski definition) is 3. The summed E-state index contributed by atoms with van der Waals surface area (Å²) in [6.45, 7) is 7.85. The zero-order valence-corrected chi connectivity index (χ0v) is 12.2. The summed E-state index contributed by atoms with van der Waals surface area (Å²) in [7, 11) is 0. The molecule has 0 radical (unpaired) electrons. The number of nitrogens with one attached hydrogen (secondary N) is 2. The standard InChI is InChI=1S/C16H26N2O/c1-12(2)10-17-11-16(3,19)15-9-8-13-6-4-5-7-14(13)18-15/h4-7,12,15,17-19H,8-11H2,1-3H3. The molecule has 0 saturated heterocycles. The number of anilines is 1. The van der Waals surface area contributed by atoms with E-state index in [9.17, 15) is 5.11 Å². The molecule has 0 aromatic heterocycles. The van der Waals surface area contributed by atoms with E-state index >= 15 is 0 Å². The van der Waals surface area contributed by atoms with E-state index in [4.69, 9.17) is 0 Å². The van der Waals surface area contributed by atoms with Crippen LogP contribution in [0.25, 0.3) is 0 Å². The zero-order chi connectivity index (χ0) is 13.9. The summed E-state index contributed by atoms with van der Waals surface area (Å²) in [6, 6.07) is 8.48. The Morgan fingerprint density at radius 1 is 1.42 bits per heavy atom. The maximum atomic E-state index is 10.7. The zero-order valence-electron chi connectivity index (χ0n) is 12.2. The first-order valence-electron chi connectivity index (χ1n) is 7.26. The molecule has 19 heavy (non-hydrogen) atoms. The van der Waals surface area contributed by atoms with Crippen LogP contribution in [0.5, 0.6) is 0 Å². The number of aryl methyl sites for hydroxylation is 1. The fourth-order valence-corrected chi connectivity index (χ4v) is 2.64. The summed E-state index contributed by atoms with van der Waals surface area (Å²) in [4.78, 5) is 0. The smallest absolute Gasteiger partial charge is 0.0943 e. The lowest BCUT2D eigenvalue weighted by Crippen LogP contribution is -2.52. The van der Waals surface area contributed by atoms with Gasteiger partial charge in [0.2, 0.25) is 0 Å². The molecule has 2 unspecified atom stereocenters. The van der Waals surface area contributed by atoms with Crippen LogP contribution >= 0.6 is 0 Å². The first-order chi connectivity index (χ1) is 8.99. The van der Waals surface area contributed by atoms with Crippen molar-refractivity contribution in [1.29, 1.82) is 0 Å². The van der Waals surface area contributed by atoms with Gasteiger partial charge in [0.1, 0.15) is 0 Å². The quantitative estimate of drug-likeness (QED) is 0.763. The maximum Gasteiger partial charge on any atom is 0.0943 e. The summed E-state index contributed by atoms with van der Waals surface area (Å²) >= 11 is 0. The van der Waals surface area contributed by atoms with Gasteiger partial charge >= 0.3 is 0 Å². The molecule has 106 valence electrons. The topological polar surface area (TPSA) is 44.3 Å². The normalized spacial score (nSPS) is 21.6. The fourth-order valence-electron chi connectivity index (χ4n) is 2.64. The Labute approximate surface area is 116 Å². The monoisotopic (exact) mass is 262 g/mol. The first kappa shape index (κ1) is 14.4. The summed E-state index contributed by atoms with van der Waals surface area (Å²) in [5, 5.41) is 17.5. The molecule has 0 spiro atoms. The van der Waals surface area contributed by atoms with Gasteiger partial charge in [-0.05, 0) is 43.9 Å². The van der Waals surface area contributed by atoms with E-state index in [0.717, 1.165) is 19.4 Å². The minimum atomic E-state index is -0.720. The van der Waals surface area contributed by atoms with Gasteiger partial charge in [0.05, 0.1) is 11.6 Å². The van der Waals surface area contributed by atoms with Crippen LogP contribution in [0.15, 0.2) is 24.3 Å². The van der Waals surface area contributed by atoms with Gasteiger partial charge in [-0.3, -0.25) is 0 Å². The van der Waals surface area contributed by atoms with Crippen LogP contribution in [0.2, 0.25) is 0 Å². The molecule has 1 heterocycles. The van der Waals surface area contributed by atoms with E-state index in [1.54, 1.807) is 0 Å². The van der Waals surface area contributed by atoms with E-state index in [-0.39, 0.29) is 6.04 Å². The van der Waals surface area contributed by atoms with Crippen LogP contribution < -0.4 is 10.6 Å². The van der Waals surface area contributed by atoms with E-state index in [1.165, 1.54) is 11.3 Å². The van der Waals surface area contributed by atoms with Crippen molar-refractivity contribution in [2.45, 2.75) is 45.3 Å². The SMILES string of the molecule is CC(C)CNCC(C)(O)C1CCc2ccccc2N1. The molecule has 1 aliphatic heterocycles. The molecule has 1 aliphatic rings. The van der Waals surface area contributed by atoms with E-state index in [1.807, 2.05) is 13.0 Å². The molecular weight excluding hydrogens is 236 g/mol. The van der Waals surface area contributed by atoms with Crippen LogP contribution in [0.3, 0.4) is 0 Å². The van der Waals surface area contributed by atoms with Gasteiger partial charge in [-0.1, -0.05) is 32.0 Å². The van der Waals surface area contributed by atoms with Crippen molar-refractivity contribution < 1.29 is 5.11 Å². The maximum absolute atomic E-state index is 10.7. The molecule has 3 heteroatoms. The molecular formula is C16H26N2O. The Hall–Kier alpha value is -1.06. The average molecular weight is 262 g/mol. The average Bonchev–Trinajstić information content (AvgIpc) is 2.37. The molecule has 3 N–H and O–H groups in total. The predicted octanol–water partition coefficient (Wildman–Crippen LogP) is 2.41. The van der Waals surface area contributed by atoms with Crippen LogP contribution in [0.1, 0.15) is 32.8 Å². The highest BCUT2D eigenvalue weighted by atomic mass is 16.3. The van der Waals surface area contributed by atoms with Gasteiger partial charge in [-0.2, -0.15) is 0 Å². The molecule has 0 saturated carbocycles. The molecule has 0 aliphatic carbocycles. The molecule has 0 bridgehead atoms. The number of rotatable bonds is 5. The summed E-state index contributed by atoms with van der Waals surface area (Å²) in [6.07, 6.45) is 2.02. The van der Waals surface area contributed by atoms with Gasteiger partial charge < -0.3 is 15.7 Å². The number of aliphatic hydroxyl groups is 1. The fraction of sp³-hybridized carbons (Fsp3) is 0.625. The van der Waals surface area contributed by atoms with E-state index in [0.29, 0.717) is 12.5 Å². The lowest BCUT2D eigenvalue weighted by molar-refractivity contribution is 0.0357. The second kappa shape index (κ2) is 5.93.